The van der Waals surface area contributed by atoms with E-state index in [0.717, 1.165) is 12.1 Å². The molecule has 3 rings (SSSR count). The van der Waals surface area contributed by atoms with Crippen molar-refractivity contribution < 1.29 is 18.0 Å². The van der Waals surface area contributed by atoms with Gasteiger partial charge in [0.15, 0.2) is 0 Å². The number of benzene rings is 1. The predicted molar refractivity (Wildman–Crippen MR) is 88.7 cm³/mol. The minimum Gasteiger partial charge on any atom is -0.337 e. The van der Waals surface area contributed by atoms with Gasteiger partial charge >= 0.3 is 6.18 Å². The highest BCUT2D eigenvalue weighted by Gasteiger charge is 2.30. The van der Waals surface area contributed by atoms with E-state index >= 15 is 0 Å². The second-order valence-electron chi connectivity index (χ2n) is 5.76. The third-order valence-electron chi connectivity index (χ3n) is 3.89. The maximum absolute atomic E-state index is 12.6. The zero-order valence-corrected chi connectivity index (χ0v) is 13.7. The van der Waals surface area contributed by atoms with Gasteiger partial charge < -0.3 is 4.90 Å². The van der Waals surface area contributed by atoms with Crippen molar-refractivity contribution in [2.45, 2.75) is 12.7 Å². The summed E-state index contributed by atoms with van der Waals surface area (Å²) < 4.78 is 39.0. The van der Waals surface area contributed by atoms with E-state index in [1.54, 1.807) is 18.2 Å². The van der Waals surface area contributed by atoms with E-state index < -0.39 is 23.2 Å². The van der Waals surface area contributed by atoms with Crippen molar-refractivity contribution in [2.75, 3.05) is 7.05 Å². The molecule has 2 heterocycles. The third kappa shape index (κ3) is 3.44. The molecule has 3 aromatic rings. The Bertz CT molecular complexity index is 1010. The third-order valence-corrected chi connectivity index (χ3v) is 3.89. The van der Waals surface area contributed by atoms with Crippen LogP contribution < -0.4 is 5.56 Å². The van der Waals surface area contributed by atoms with Crippen LogP contribution in [-0.4, -0.2) is 27.2 Å². The van der Waals surface area contributed by atoms with Gasteiger partial charge in [0.1, 0.15) is 11.2 Å². The molecular weight excluding hydrogens is 347 g/mol. The Balaban J connectivity index is 1.82. The summed E-state index contributed by atoms with van der Waals surface area (Å²) in [5.74, 6) is -0.555. The van der Waals surface area contributed by atoms with Crippen LogP contribution in [0, 0.1) is 0 Å². The smallest absolute Gasteiger partial charge is 0.337 e. The molecule has 5 nitrogen and oxygen atoms in total. The van der Waals surface area contributed by atoms with Crippen molar-refractivity contribution in [3.8, 4) is 0 Å². The number of nitrogens with zero attached hydrogens (tertiary/aromatic N) is 3. The lowest BCUT2D eigenvalue weighted by Crippen LogP contribution is -2.33. The number of rotatable bonds is 3. The lowest BCUT2D eigenvalue weighted by molar-refractivity contribution is -0.137. The fourth-order valence-electron chi connectivity index (χ4n) is 2.52. The first-order valence-corrected chi connectivity index (χ1v) is 7.65. The lowest BCUT2D eigenvalue weighted by Gasteiger charge is -2.17. The van der Waals surface area contributed by atoms with E-state index in [9.17, 15) is 22.8 Å². The summed E-state index contributed by atoms with van der Waals surface area (Å²) in [6.45, 7) is 0.0634. The maximum Gasteiger partial charge on any atom is 0.416 e. The van der Waals surface area contributed by atoms with Gasteiger partial charge in [-0.25, -0.2) is 4.98 Å². The summed E-state index contributed by atoms with van der Waals surface area (Å²) in [4.78, 5) is 30.3. The van der Waals surface area contributed by atoms with Crippen LogP contribution in [0.4, 0.5) is 13.2 Å². The molecule has 134 valence electrons. The van der Waals surface area contributed by atoms with Crippen LogP contribution in [0.3, 0.4) is 0 Å². The molecule has 0 spiro atoms. The number of aromatic nitrogens is 2. The number of pyridine rings is 1. The Labute approximate surface area is 146 Å². The van der Waals surface area contributed by atoms with Gasteiger partial charge in [-0.15, -0.1) is 0 Å². The SMILES string of the molecule is CN(Cc1ccc(C(F)(F)F)cc1)C(=O)c1cnc2ccccn2c1=O. The van der Waals surface area contributed by atoms with Crippen molar-refractivity contribution >= 4 is 11.6 Å². The van der Waals surface area contributed by atoms with Gasteiger partial charge in [-0.2, -0.15) is 13.2 Å². The number of halogens is 3. The Morgan fingerprint density at radius 2 is 1.85 bits per heavy atom. The largest absolute Gasteiger partial charge is 0.416 e. The van der Waals surface area contributed by atoms with Gasteiger partial charge in [-0.1, -0.05) is 18.2 Å². The van der Waals surface area contributed by atoms with Gasteiger partial charge in [0.2, 0.25) is 0 Å². The molecule has 0 aliphatic rings. The minimum absolute atomic E-state index is 0.0634. The molecule has 0 unspecified atom stereocenters. The fourth-order valence-corrected chi connectivity index (χ4v) is 2.52. The normalized spacial score (nSPS) is 11.5. The summed E-state index contributed by atoms with van der Waals surface area (Å²) in [5.41, 5.74) is -0.433. The summed E-state index contributed by atoms with van der Waals surface area (Å²) in [6, 6.07) is 9.54. The van der Waals surface area contributed by atoms with Gasteiger partial charge in [0, 0.05) is 26.0 Å². The molecule has 1 aromatic carbocycles. The van der Waals surface area contributed by atoms with E-state index in [2.05, 4.69) is 4.98 Å². The molecule has 0 aliphatic carbocycles. The summed E-state index contributed by atoms with van der Waals surface area (Å²) in [6.07, 6.45) is -1.69. The lowest BCUT2D eigenvalue weighted by atomic mass is 10.1. The van der Waals surface area contributed by atoms with Gasteiger partial charge in [-0.3, -0.25) is 14.0 Å². The quantitative estimate of drug-likeness (QED) is 0.721. The summed E-state index contributed by atoms with van der Waals surface area (Å²) in [5, 5.41) is 0. The zero-order valence-electron chi connectivity index (χ0n) is 13.7. The van der Waals surface area contributed by atoms with Crippen LogP contribution in [-0.2, 0) is 12.7 Å². The first kappa shape index (κ1) is 17.7. The van der Waals surface area contributed by atoms with E-state index in [-0.39, 0.29) is 12.1 Å². The molecule has 0 saturated heterocycles. The number of hydrogen-bond donors (Lipinski definition) is 0. The molecule has 0 N–H and O–H groups in total. The van der Waals surface area contributed by atoms with E-state index in [4.69, 9.17) is 0 Å². The Hall–Kier alpha value is -3.16. The van der Waals surface area contributed by atoms with Crippen LogP contribution in [0.15, 0.2) is 59.7 Å². The molecular formula is C18H14F3N3O2. The monoisotopic (exact) mass is 361 g/mol. The maximum atomic E-state index is 12.6. The average molecular weight is 361 g/mol. The number of hydrogen-bond acceptors (Lipinski definition) is 3. The van der Waals surface area contributed by atoms with E-state index in [0.29, 0.717) is 11.2 Å². The van der Waals surface area contributed by atoms with Crippen LogP contribution in [0.1, 0.15) is 21.5 Å². The number of fused-ring (bicyclic) bond motifs is 1. The van der Waals surface area contributed by atoms with Crippen LogP contribution in [0.2, 0.25) is 0 Å². The number of carbonyl (C=O) groups is 1. The van der Waals surface area contributed by atoms with Crippen molar-refractivity contribution in [2.24, 2.45) is 0 Å². The fraction of sp³-hybridized carbons (Fsp3) is 0.167. The number of carbonyl (C=O) groups excluding carboxylic acids is 1. The molecule has 0 radical (unpaired) electrons. The van der Waals surface area contributed by atoms with Gasteiger partial charge in [0.05, 0.1) is 5.56 Å². The number of amides is 1. The second-order valence-corrected chi connectivity index (χ2v) is 5.76. The Morgan fingerprint density at radius 1 is 1.15 bits per heavy atom. The van der Waals surface area contributed by atoms with Crippen LogP contribution >= 0.6 is 0 Å². The highest BCUT2D eigenvalue weighted by Crippen LogP contribution is 2.29. The molecule has 0 saturated carbocycles. The van der Waals surface area contributed by atoms with E-state index in [1.165, 1.54) is 40.9 Å². The zero-order chi connectivity index (χ0) is 18.9. The topological polar surface area (TPSA) is 54.7 Å². The van der Waals surface area contributed by atoms with Crippen LogP contribution in [0.5, 0.6) is 0 Å². The van der Waals surface area contributed by atoms with Crippen molar-refractivity contribution in [3.63, 3.8) is 0 Å². The average Bonchev–Trinajstić information content (AvgIpc) is 2.61. The molecule has 1 amide bonds. The highest BCUT2D eigenvalue weighted by molar-refractivity contribution is 5.93. The molecule has 0 bridgehead atoms. The van der Waals surface area contributed by atoms with Crippen molar-refractivity contribution in [3.05, 3.63) is 81.9 Å². The molecule has 0 fully saturated rings. The van der Waals surface area contributed by atoms with Gasteiger partial charge in [-0.05, 0) is 29.8 Å². The predicted octanol–water partition coefficient (Wildman–Crippen LogP) is 2.99. The van der Waals surface area contributed by atoms with Crippen molar-refractivity contribution in [1.82, 2.24) is 14.3 Å². The highest BCUT2D eigenvalue weighted by atomic mass is 19.4. The standard InChI is InChI=1S/C18H14F3N3O2/c1-23(11-12-5-7-13(8-6-12)18(19,20)21)16(25)14-10-22-15-4-2-3-9-24(15)17(14)26/h2-10H,11H2,1H3. The Kier molecular flexibility index (Phi) is 4.50. The molecule has 8 heteroatoms. The van der Waals surface area contributed by atoms with Gasteiger partial charge in [0.25, 0.3) is 11.5 Å². The Morgan fingerprint density at radius 3 is 2.50 bits per heavy atom. The van der Waals surface area contributed by atoms with Crippen LogP contribution in [0.25, 0.3) is 5.65 Å². The first-order valence-electron chi connectivity index (χ1n) is 7.65. The molecule has 2 aromatic heterocycles. The first-order chi connectivity index (χ1) is 12.3. The summed E-state index contributed by atoms with van der Waals surface area (Å²) in [7, 11) is 1.47. The number of alkyl halides is 3. The minimum atomic E-state index is -4.41. The molecule has 0 aliphatic heterocycles. The second kappa shape index (κ2) is 6.62. The van der Waals surface area contributed by atoms with E-state index in [1.807, 2.05) is 0 Å². The molecule has 26 heavy (non-hydrogen) atoms. The van der Waals surface area contributed by atoms with Crippen molar-refractivity contribution in [1.29, 1.82) is 0 Å². The molecule has 0 atom stereocenters. The summed E-state index contributed by atoms with van der Waals surface area (Å²) >= 11 is 0.